The van der Waals surface area contributed by atoms with E-state index >= 15 is 0 Å². The van der Waals surface area contributed by atoms with Gasteiger partial charge in [-0.25, -0.2) is 9.50 Å². The number of aromatic amines is 2. The fraction of sp³-hybridized carbons (Fsp3) is 0.160. The summed E-state index contributed by atoms with van der Waals surface area (Å²) in [6.45, 7) is 0.759. The van der Waals surface area contributed by atoms with Gasteiger partial charge in [0, 0.05) is 36.3 Å². The highest BCUT2D eigenvalue weighted by Crippen LogP contribution is 2.24. The number of H-pyrrole nitrogens is 2. The minimum atomic E-state index is -0.174. The second-order valence-corrected chi connectivity index (χ2v) is 8.19. The average Bonchev–Trinajstić information content (AvgIpc) is 3.50. The smallest absolute Gasteiger partial charge is 0.277 e. The molecule has 0 unspecified atom stereocenters. The molecule has 0 fully saturated rings. The first-order valence-electron chi connectivity index (χ1n) is 10.7. The molecule has 0 spiro atoms. The monoisotopic (exact) mass is 439 g/mol. The van der Waals surface area contributed by atoms with Gasteiger partial charge in [-0.05, 0) is 53.4 Å². The molecule has 0 bridgehead atoms. The van der Waals surface area contributed by atoms with Crippen LogP contribution in [0, 0.1) is 0 Å². The van der Waals surface area contributed by atoms with Gasteiger partial charge in [0.1, 0.15) is 5.75 Å². The molecule has 0 saturated carbocycles. The number of nitrogens with zero attached hydrogens (tertiary/aromatic N) is 3. The van der Waals surface area contributed by atoms with E-state index in [0.29, 0.717) is 29.7 Å². The summed E-state index contributed by atoms with van der Waals surface area (Å²) in [7, 11) is 1.62. The molecule has 33 heavy (non-hydrogen) atoms. The van der Waals surface area contributed by atoms with E-state index in [-0.39, 0.29) is 18.0 Å². The third-order valence-electron chi connectivity index (χ3n) is 6.25. The highest BCUT2D eigenvalue weighted by Gasteiger charge is 2.26. The van der Waals surface area contributed by atoms with Crippen LogP contribution in [0.25, 0.3) is 27.8 Å². The van der Waals surface area contributed by atoms with E-state index in [0.717, 1.165) is 33.6 Å². The Morgan fingerprint density at radius 3 is 2.76 bits per heavy atom. The van der Waals surface area contributed by atoms with Crippen molar-refractivity contribution in [2.45, 2.75) is 13.0 Å². The fourth-order valence-corrected chi connectivity index (χ4v) is 4.44. The van der Waals surface area contributed by atoms with Gasteiger partial charge in [0.15, 0.2) is 5.65 Å². The Morgan fingerprint density at radius 1 is 1.09 bits per heavy atom. The number of methoxy groups -OCH3 is 1. The number of hydrogen-bond donors (Lipinski definition) is 2. The number of nitrogens with one attached hydrogen (secondary N) is 2. The van der Waals surface area contributed by atoms with Crippen LogP contribution in [0.3, 0.4) is 0 Å². The quantitative estimate of drug-likeness (QED) is 0.451. The molecule has 0 radical (unpaired) electrons. The van der Waals surface area contributed by atoms with Gasteiger partial charge in [-0.15, -0.1) is 0 Å². The molecule has 8 nitrogen and oxygen atoms in total. The summed E-state index contributed by atoms with van der Waals surface area (Å²) in [6.07, 6.45) is 2.39. The molecule has 2 aromatic carbocycles. The summed E-state index contributed by atoms with van der Waals surface area (Å²) < 4.78 is 6.67. The Morgan fingerprint density at radius 2 is 1.94 bits per heavy atom. The molecule has 4 heterocycles. The zero-order chi connectivity index (χ0) is 22.5. The standard InChI is InChI=1S/C25H21N5O3/c1-33-18-6-4-15(5-7-18)22-13-23-27-20-9-11-29(14-19(20)25(32)30(23)28-22)24(31)17-3-2-16-8-10-26-21(16)12-17/h2-8,10,12-13,26,28H,9,11,14H2,1H3. The van der Waals surface area contributed by atoms with Crippen molar-refractivity contribution in [3.8, 4) is 17.0 Å². The third kappa shape index (κ3) is 3.18. The van der Waals surface area contributed by atoms with E-state index < -0.39 is 0 Å². The molecule has 0 atom stereocenters. The molecule has 2 N–H and O–H groups in total. The zero-order valence-corrected chi connectivity index (χ0v) is 18.0. The SMILES string of the molecule is COc1ccc(-c2cc3nc4c(c(=O)n3[nH]2)CN(C(=O)c2ccc3cc[nH]c3c2)CC4)cc1. The molecular formula is C25H21N5O3. The topological polar surface area (TPSA) is 95.5 Å². The number of ether oxygens (including phenoxy) is 1. The van der Waals surface area contributed by atoms with E-state index in [2.05, 4.69) is 10.1 Å². The molecule has 0 saturated heterocycles. The Kier molecular flexibility index (Phi) is 4.33. The van der Waals surface area contributed by atoms with Crippen LogP contribution in [-0.2, 0) is 13.0 Å². The maximum Gasteiger partial charge on any atom is 0.277 e. The summed E-state index contributed by atoms with van der Waals surface area (Å²) in [5.41, 5.74) is 4.93. The molecule has 3 aromatic heterocycles. The Bertz CT molecular complexity index is 1580. The van der Waals surface area contributed by atoms with Gasteiger partial charge in [0.2, 0.25) is 0 Å². The van der Waals surface area contributed by atoms with Crippen molar-refractivity contribution in [3.63, 3.8) is 0 Å². The largest absolute Gasteiger partial charge is 0.497 e. The minimum Gasteiger partial charge on any atom is -0.497 e. The number of rotatable bonds is 3. The van der Waals surface area contributed by atoms with Crippen LogP contribution in [0.5, 0.6) is 5.75 Å². The second-order valence-electron chi connectivity index (χ2n) is 8.19. The molecule has 1 aliphatic rings. The summed E-state index contributed by atoms with van der Waals surface area (Å²) in [5, 5.41) is 4.21. The van der Waals surface area contributed by atoms with Crippen molar-refractivity contribution in [1.29, 1.82) is 0 Å². The van der Waals surface area contributed by atoms with E-state index in [9.17, 15) is 9.59 Å². The number of aromatic nitrogens is 4. The van der Waals surface area contributed by atoms with E-state index in [1.807, 2.05) is 60.8 Å². The predicted molar refractivity (Wildman–Crippen MR) is 125 cm³/mol. The summed E-state index contributed by atoms with van der Waals surface area (Å²) in [4.78, 5) is 36.0. The lowest BCUT2D eigenvalue weighted by molar-refractivity contribution is 0.0732. The van der Waals surface area contributed by atoms with Crippen molar-refractivity contribution >= 4 is 22.5 Å². The van der Waals surface area contributed by atoms with Crippen molar-refractivity contribution in [2.75, 3.05) is 13.7 Å². The summed E-state index contributed by atoms with van der Waals surface area (Å²) >= 11 is 0. The van der Waals surface area contributed by atoms with Crippen LogP contribution in [0.15, 0.2) is 65.6 Å². The highest BCUT2D eigenvalue weighted by molar-refractivity contribution is 5.98. The predicted octanol–water partition coefficient (Wildman–Crippen LogP) is 3.38. The number of benzene rings is 2. The van der Waals surface area contributed by atoms with Crippen LogP contribution < -0.4 is 10.3 Å². The van der Waals surface area contributed by atoms with Crippen LogP contribution in [-0.4, -0.2) is 44.0 Å². The molecule has 8 heteroatoms. The van der Waals surface area contributed by atoms with Crippen molar-refractivity contribution in [2.24, 2.45) is 0 Å². The number of hydrogen-bond acceptors (Lipinski definition) is 4. The van der Waals surface area contributed by atoms with E-state index in [1.54, 1.807) is 12.0 Å². The van der Waals surface area contributed by atoms with Gasteiger partial charge in [0.25, 0.3) is 11.5 Å². The molecule has 6 rings (SSSR count). The molecule has 164 valence electrons. The van der Waals surface area contributed by atoms with Crippen LogP contribution in [0.1, 0.15) is 21.6 Å². The van der Waals surface area contributed by atoms with E-state index in [1.165, 1.54) is 4.52 Å². The fourth-order valence-electron chi connectivity index (χ4n) is 4.44. The first-order valence-corrected chi connectivity index (χ1v) is 10.7. The average molecular weight is 439 g/mol. The maximum atomic E-state index is 13.3. The number of amides is 1. The molecule has 0 aliphatic carbocycles. The molecule has 5 aromatic rings. The lowest BCUT2D eigenvalue weighted by Gasteiger charge is -2.27. The lowest BCUT2D eigenvalue weighted by atomic mass is 10.0. The van der Waals surface area contributed by atoms with Gasteiger partial charge in [-0.2, -0.15) is 0 Å². The Labute approximate surface area is 188 Å². The third-order valence-corrected chi connectivity index (χ3v) is 6.25. The zero-order valence-electron chi connectivity index (χ0n) is 18.0. The van der Waals surface area contributed by atoms with Gasteiger partial charge >= 0.3 is 0 Å². The minimum absolute atomic E-state index is 0.0907. The molecular weight excluding hydrogens is 418 g/mol. The number of fused-ring (bicyclic) bond motifs is 3. The van der Waals surface area contributed by atoms with Crippen molar-refractivity contribution in [1.82, 2.24) is 24.5 Å². The number of carbonyl (C=O) groups is 1. The first-order chi connectivity index (χ1) is 16.1. The Balaban J connectivity index is 1.33. The van der Waals surface area contributed by atoms with Crippen LogP contribution >= 0.6 is 0 Å². The van der Waals surface area contributed by atoms with Gasteiger partial charge < -0.3 is 14.6 Å². The summed E-state index contributed by atoms with van der Waals surface area (Å²) in [6, 6.07) is 17.0. The van der Waals surface area contributed by atoms with Crippen molar-refractivity contribution in [3.05, 3.63) is 88.0 Å². The normalized spacial score (nSPS) is 13.4. The lowest BCUT2D eigenvalue weighted by Crippen LogP contribution is -2.40. The van der Waals surface area contributed by atoms with Gasteiger partial charge in [-0.1, -0.05) is 6.07 Å². The molecule has 1 amide bonds. The van der Waals surface area contributed by atoms with Gasteiger partial charge in [0.05, 0.1) is 30.6 Å². The van der Waals surface area contributed by atoms with Crippen molar-refractivity contribution < 1.29 is 9.53 Å². The highest BCUT2D eigenvalue weighted by atomic mass is 16.5. The molecule has 1 aliphatic heterocycles. The maximum absolute atomic E-state index is 13.3. The Hall–Kier alpha value is -4.33. The second kappa shape index (κ2) is 7.37. The van der Waals surface area contributed by atoms with E-state index in [4.69, 9.17) is 9.72 Å². The first kappa shape index (κ1) is 19.4. The van der Waals surface area contributed by atoms with Gasteiger partial charge in [-0.3, -0.25) is 14.7 Å². The van der Waals surface area contributed by atoms with Crippen LogP contribution in [0.2, 0.25) is 0 Å². The summed E-state index contributed by atoms with van der Waals surface area (Å²) in [5.74, 6) is 0.674. The number of carbonyl (C=O) groups excluding carboxylic acids is 1. The van der Waals surface area contributed by atoms with Crippen LogP contribution in [0.4, 0.5) is 0 Å².